The lowest BCUT2D eigenvalue weighted by molar-refractivity contribution is -0.909. The van der Waals surface area contributed by atoms with E-state index in [2.05, 4.69) is 45.0 Å². The van der Waals surface area contributed by atoms with E-state index in [-0.39, 0.29) is 11.3 Å². The van der Waals surface area contributed by atoms with Crippen LogP contribution in [0.15, 0.2) is 48.5 Å². The minimum Gasteiger partial charge on any atom is -0.323 e. The Labute approximate surface area is 178 Å². The van der Waals surface area contributed by atoms with Gasteiger partial charge in [0.1, 0.15) is 11.9 Å². The van der Waals surface area contributed by atoms with Gasteiger partial charge >= 0.3 is 0 Å². The number of amides is 1. The third-order valence-corrected chi connectivity index (χ3v) is 6.64. The van der Waals surface area contributed by atoms with E-state index in [1.807, 2.05) is 29.2 Å². The maximum absolute atomic E-state index is 13.2. The molecule has 3 rings (SSSR count). The number of thioether (sulfide) groups is 1. The smallest absolute Gasteiger partial charge is 0.278 e. The predicted octanol–water partition coefficient (Wildman–Crippen LogP) is 3.96. The maximum Gasteiger partial charge on any atom is 0.278 e. The van der Waals surface area contributed by atoms with Crippen molar-refractivity contribution in [1.82, 2.24) is 4.90 Å². The Bertz CT molecular complexity index is 793. The summed E-state index contributed by atoms with van der Waals surface area (Å²) >= 11 is 8.22. The highest BCUT2D eigenvalue weighted by atomic mass is 35.5. The molecular weight excluding hydrogens is 388 g/mol. The second-order valence-corrected chi connectivity index (χ2v) is 9.61. The fourth-order valence-corrected chi connectivity index (χ4v) is 5.37. The van der Waals surface area contributed by atoms with Gasteiger partial charge in [0.15, 0.2) is 6.54 Å². The Morgan fingerprint density at radius 1 is 1.21 bits per heavy atom. The number of carbonyl (C=O) groups excluding carboxylic acids is 1. The van der Waals surface area contributed by atoms with Crippen molar-refractivity contribution in [3.8, 4) is 0 Å². The van der Waals surface area contributed by atoms with Crippen LogP contribution in [0.2, 0.25) is 5.02 Å². The molecule has 1 heterocycles. The van der Waals surface area contributed by atoms with Gasteiger partial charge < -0.3 is 9.80 Å². The number of nitrogens with one attached hydrogen (secondary N) is 1. The second kappa shape index (κ2) is 9.82. The lowest BCUT2D eigenvalue weighted by atomic mass is 10.1. The van der Waals surface area contributed by atoms with Gasteiger partial charge in [0, 0.05) is 34.4 Å². The number of carbonyl (C=O) groups is 1. The van der Waals surface area contributed by atoms with E-state index in [1.165, 1.54) is 16.0 Å². The molecule has 150 valence electrons. The molecule has 0 spiro atoms. The molecule has 2 aromatic carbocycles. The normalized spacial score (nSPS) is 17.9. The van der Waals surface area contributed by atoms with Crippen molar-refractivity contribution < 1.29 is 9.69 Å². The summed E-state index contributed by atoms with van der Waals surface area (Å²) in [5.41, 5.74) is 3.60. The van der Waals surface area contributed by atoms with Gasteiger partial charge in [0.05, 0.1) is 6.54 Å². The minimum absolute atomic E-state index is 0.0286. The molecular formula is C23H30ClN2OS+. The third kappa shape index (κ3) is 5.53. The Morgan fingerprint density at radius 2 is 1.93 bits per heavy atom. The Hall–Kier alpha value is -1.49. The fraction of sp³-hybridized carbons (Fsp3) is 0.435. The Balaban J connectivity index is 1.71. The molecule has 0 aromatic heterocycles. The van der Waals surface area contributed by atoms with Crippen LogP contribution in [0.25, 0.3) is 0 Å². The van der Waals surface area contributed by atoms with Crippen molar-refractivity contribution in [3.63, 3.8) is 0 Å². The third-order valence-electron chi connectivity index (χ3n) is 5.06. The highest BCUT2D eigenvalue weighted by molar-refractivity contribution is 7.99. The van der Waals surface area contributed by atoms with Crippen molar-refractivity contribution in [1.29, 1.82) is 0 Å². The van der Waals surface area contributed by atoms with Crippen LogP contribution in [0.5, 0.6) is 0 Å². The first kappa shape index (κ1) is 21.2. The van der Waals surface area contributed by atoms with Crippen molar-refractivity contribution in [2.24, 2.45) is 5.92 Å². The highest BCUT2D eigenvalue weighted by Crippen LogP contribution is 2.40. The maximum atomic E-state index is 13.2. The topological polar surface area (TPSA) is 24.8 Å². The second-order valence-electron chi connectivity index (χ2n) is 8.02. The molecule has 1 unspecified atom stereocenters. The van der Waals surface area contributed by atoms with E-state index in [4.69, 9.17) is 11.6 Å². The van der Waals surface area contributed by atoms with Crippen LogP contribution >= 0.6 is 23.4 Å². The number of aryl methyl sites for hydroxylation is 1. The Kier molecular flexibility index (Phi) is 7.44. The molecule has 0 bridgehead atoms. The number of hydrogen-bond acceptors (Lipinski definition) is 2. The summed E-state index contributed by atoms with van der Waals surface area (Å²) < 4.78 is 0. The summed E-state index contributed by atoms with van der Waals surface area (Å²) in [6.45, 7) is 9.72. The zero-order valence-corrected chi connectivity index (χ0v) is 18.5. The summed E-state index contributed by atoms with van der Waals surface area (Å²) in [5, 5.41) is 0.770. The summed E-state index contributed by atoms with van der Waals surface area (Å²) in [4.78, 5) is 16.6. The summed E-state index contributed by atoms with van der Waals surface area (Å²) in [7, 11) is 0. The van der Waals surface area contributed by atoms with Crippen LogP contribution < -0.4 is 4.90 Å². The van der Waals surface area contributed by atoms with Crippen LogP contribution in [0.3, 0.4) is 0 Å². The van der Waals surface area contributed by atoms with E-state index < -0.39 is 0 Å². The predicted molar refractivity (Wildman–Crippen MR) is 119 cm³/mol. The molecule has 1 aliphatic heterocycles. The summed E-state index contributed by atoms with van der Waals surface area (Å²) in [5.74, 6) is 1.72. The van der Waals surface area contributed by atoms with E-state index in [9.17, 15) is 4.79 Å². The van der Waals surface area contributed by atoms with Gasteiger partial charge in [-0.2, -0.15) is 0 Å². The van der Waals surface area contributed by atoms with E-state index in [0.29, 0.717) is 12.5 Å². The van der Waals surface area contributed by atoms with E-state index in [0.717, 1.165) is 36.0 Å². The first-order chi connectivity index (χ1) is 13.4. The fourth-order valence-electron chi connectivity index (χ4n) is 3.75. The van der Waals surface area contributed by atoms with Crippen molar-refractivity contribution in [2.45, 2.75) is 32.7 Å². The van der Waals surface area contributed by atoms with Crippen molar-refractivity contribution >= 4 is 29.3 Å². The molecule has 0 saturated carbocycles. The van der Waals surface area contributed by atoms with Crippen LogP contribution in [-0.4, -0.2) is 36.2 Å². The minimum atomic E-state index is 0.0286. The van der Waals surface area contributed by atoms with Gasteiger partial charge in [-0.1, -0.05) is 73.5 Å². The van der Waals surface area contributed by atoms with E-state index in [1.54, 1.807) is 11.8 Å². The van der Waals surface area contributed by atoms with Crippen molar-refractivity contribution in [2.75, 3.05) is 25.4 Å². The van der Waals surface area contributed by atoms with Crippen LogP contribution in [0.4, 0.5) is 0 Å². The highest BCUT2D eigenvalue weighted by Gasteiger charge is 2.33. The largest absolute Gasteiger partial charge is 0.323 e. The standard InChI is InChI=1S/C23H29ClN2OS/c1-17(2)14-25(15-19-10-8-18(3)9-11-19)16-22(27)26-12-13-28-23(26)20-6-4-5-7-21(20)24/h4-11,17,23H,12-16H2,1-3H3/p+1/t23-/m0/s1. The van der Waals surface area contributed by atoms with Gasteiger partial charge in [-0.25, -0.2) is 0 Å². The molecule has 0 radical (unpaired) electrons. The van der Waals surface area contributed by atoms with Gasteiger partial charge in [-0.3, -0.25) is 4.79 Å². The zero-order valence-electron chi connectivity index (χ0n) is 17.0. The molecule has 5 heteroatoms. The lowest BCUT2D eigenvalue weighted by Crippen LogP contribution is -3.12. The number of halogens is 1. The SMILES string of the molecule is Cc1ccc(C[NH+](CC(=O)N2CCS[C@H]2c2ccccc2Cl)CC(C)C)cc1. The summed E-state index contributed by atoms with van der Waals surface area (Å²) in [6.07, 6.45) is 0. The van der Waals surface area contributed by atoms with Crippen LogP contribution in [0.1, 0.15) is 35.9 Å². The number of quaternary nitrogens is 1. The molecule has 0 aliphatic carbocycles. The molecule has 1 N–H and O–H groups in total. The number of hydrogen-bond donors (Lipinski definition) is 1. The quantitative estimate of drug-likeness (QED) is 0.737. The molecule has 2 atom stereocenters. The number of nitrogens with zero attached hydrogens (tertiary/aromatic N) is 1. The Morgan fingerprint density at radius 3 is 2.61 bits per heavy atom. The molecule has 1 amide bonds. The first-order valence-electron chi connectivity index (χ1n) is 9.98. The lowest BCUT2D eigenvalue weighted by Gasteiger charge is -2.28. The van der Waals surface area contributed by atoms with Crippen LogP contribution in [-0.2, 0) is 11.3 Å². The molecule has 3 nitrogen and oxygen atoms in total. The number of rotatable bonds is 7. The molecule has 2 aromatic rings. The zero-order chi connectivity index (χ0) is 20.1. The van der Waals surface area contributed by atoms with Crippen LogP contribution in [0, 0.1) is 12.8 Å². The first-order valence-corrected chi connectivity index (χ1v) is 11.4. The van der Waals surface area contributed by atoms with Gasteiger partial charge in [-0.15, -0.1) is 11.8 Å². The molecule has 1 fully saturated rings. The van der Waals surface area contributed by atoms with Crippen molar-refractivity contribution in [3.05, 3.63) is 70.2 Å². The van der Waals surface area contributed by atoms with Gasteiger partial charge in [0.25, 0.3) is 5.91 Å². The van der Waals surface area contributed by atoms with Gasteiger partial charge in [0.2, 0.25) is 0 Å². The summed E-state index contributed by atoms with van der Waals surface area (Å²) in [6, 6.07) is 16.5. The number of benzene rings is 2. The average molecular weight is 418 g/mol. The molecule has 28 heavy (non-hydrogen) atoms. The van der Waals surface area contributed by atoms with E-state index >= 15 is 0 Å². The average Bonchev–Trinajstić information content (AvgIpc) is 3.13. The van der Waals surface area contributed by atoms with Gasteiger partial charge in [-0.05, 0) is 13.0 Å². The molecule has 1 aliphatic rings. The molecule has 1 saturated heterocycles. The monoisotopic (exact) mass is 417 g/mol.